The van der Waals surface area contributed by atoms with Crippen LogP contribution in [0.25, 0.3) is 0 Å². The molecule has 0 radical (unpaired) electrons. The highest BCUT2D eigenvalue weighted by Crippen LogP contribution is 1.78. The van der Waals surface area contributed by atoms with E-state index in [1.807, 2.05) is 14.1 Å². The maximum absolute atomic E-state index is 5.30. The minimum atomic E-state index is 0. The first kappa shape index (κ1) is 16.8. The minimum absolute atomic E-state index is 0. The number of hydrogen-bond donors (Lipinski definition) is 3. The maximum atomic E-state index is 5.30. The Morgan fingerprint density at radius 2 is 1.60 bits per heavy atom. The zero-order chi connectivity index (χ0) is 6.41. The highest BCUT2D eigenvalue weighted by atomic mass is 35.5. The molecule has 0 bridgehead atoms. The third kappa shape index (κ3) is 8.46. The molecule has 0 heterocycles. The Labute approximate surface area is 74.9 Å². The molecule has 5 heteroatoms. The molecule has 0 fully saturated rings. The highest BCUT2D eigenvalue weighted by molar-refractivity contribution is 5.85. The Morgan fingerprint density at radius 1 is 1.20 bits per heavy atom. The predicted octanol–water partition coefficient (Wildman–Crippen LogP) is -0.0563. The summed E-state index contributed by atoms with van der Waals surface area (Å²) in [5, 5.41) is 6.12. The van der Waals surface area contributed by atoms with Gasteiger partial charge in [-0.3, -0.25) is 0 Å². The van der Waals surface area contributed by atoms with Gasteiger partial charge in [0.1, 0.15) is 0 Å². The molecule has 0 rings (SSSR count). The van der Waals surface area contributed by atoms with Crippen molar-refractivity contribution in [3.63, 3.8) is 0 Å². The Hall–Kier alpha value is 0.460. The van der Waals surface area contributed by atoms with Crippen molar-refractivity contribution in [1.82, 2.24) is 10.6 Å². The van der Waals surface area contributed by atoms with Gasteiger partial charge in [-0.1, -0.05) is 0 Å². The van der Waals surface area contributed by atoms with Gasteiger partial charge in [-0.05, 0) is 27.1 Å². The van der Waals surface area contributed by atoms with E-state index >= 15 is 0 Å². The molecule has 3 nitrogen and oxygen atoms in total. The Kier molecular flexibility index (Phi) is 20.5. The summed E-state index contributed by atoms with van der Waals surface area (Å²) in [6, 6.07) is 0. The van der Waals surface area contributed by atoms with Gasteiger partial charge in [0, 0.05) is 0 Å². The van der Waals surface area contributed by atoms with E-state index in [-0.39, 0.29) is 24.8 Å². The molecule has 0 aromatic rings. The zero-order valence-corrected chi connectivity index (χ0v) is 8.02. The number of hydrogen-bond acceptors (Lipinski definition) is 3. The van der Waals surface area contributed by atoms with E-state index in [2.05, 4.69) is 10.6 Å². The fourth-order valence-electron chi connectivity index (χ4n) is 0.600. The number of rotatable bonds is 4. The second-order valence-corrected chi connectivity index (χ2v) is 1.71. The predicted molar refractivity (Wildman–Crippen MR) is 50.1 cm³/mol. The normalized spacial score (nSPS) is 8.40. The van der Waals surface area contributed by atoms with E-state index in [0.717, 1.165) is 13.0 Å². The van der Waals surface area contributed by atoms with E-state index in [1.165, 1.54) is 0 Å². The molecule has 0 aliphatic rings. The van der Waals surface area contributed by atoms with Crippen LogP contribution in [0.5, 0.6) is 0 Å². The molecule has 0 saturated carbocycles. The van der Waals surface area contributed by atoms with Crippen molar-refractivity contribution in [2.45, 2.75) is 12.6 Å². The lowest BCUT2D eigenvalue weighted by Crippen LogP contribution is -2.39. The fourth-order valence-corrected chi connectivity index (χ4v) is 0.600. The van der Waals surface area contributed by atoms with Gasteiger partial charge in [-0.2, -0.15) is 0 Å². The number of nitrogens with two attached hydrogens (primary N) is 1. The van der Waals surface area contributed by atoms with Crippen molar-refractivity contribution in [1.29, 1.82) is 0 Å². The molecule has 66 valence electrons. The van der Waals surface area contributed by atoms with Gasteiger partial charge in [0.15, 0.2) is 0 Å². The molecule has 10 heavy (non-hydrogen) atoms. The zero-order valence-electron chi connectivity index (χ0n) is 6.39. The summed E-state index contributed by atoms with van der Waals surface area (Å²) in [5.74, 6) is 0. The molecule has 0 saturated heterocycles. The molecule has 0 amide bonds. The van der Waals surface area contributed by atoms with Crippen LogP contribution in [-0.2, 0) is 0 Å². The van der Waals surface area contributed by atoms with Crippen LogP contribution in [0.4, 0.5) is 0 Å². The number of halogens is 2. The van der Waals surface area contributed by atoms with Gasteiger partial charge in [-0.15, -0.1) is 24.8 Å². The first-order valence-corrected chi connectivity index (χ1v) is 2.89. The molecular formula is C5H17Cl2N3. The standard InChI is InChI=1S/C5H15N3.2ClH/c1-7-5(8-2)3-4-6;;/h5,7-8H,3-4,6H2,1-2H3;2*1H. The van der Waals surface area contributed by atoms with Crippen molar-refractivity contribution in [2.24, 2.45) is 5.73 Å². The highest BCUT2D eigenvalue weighted by Gasteiger charge is 1.96. The second kappa shape index (κ2) is 12.2. The molecule has 0 unspecified atom stereocenters. The van der Waals surface area contributed by atoms with E-state index in [4.69, 9.17) is 5.73 Å². The summed E-state index contributed by atoms with van der Waals surface area (Å²) in [4.78, 5) is 0. The summed E-state index contributed by atoms with van der Waals surface area (Å²) in [7, 11) is 3.83. The molecule has 4 N–H and O–H groups in total. The summed E-state index contributed by atoms with van der Waals surface area (Å²) in [6.07, 6.45) is 1.35. The fraction of sp³-hybridized carbons (Fsp3) is 1.00. The molecule has 0 aromatic heterocycles. The van der Waals surface area contributed by atoms with E-state index in [1.54, 1.807) is 0 Å². The van der Waals surface area contributed by atoms with Crippen molar-refractivity contribution >= 4 is 24.8 Å². The van der Waals surface area contributed by atoms with E-state index in [0.29, 0.717) is 6.17 Å². The second-order valence-electron chi connectivity index (χ2n) is 1.71. The first-order valence-electron chi connectivity index (χ1n) is 2.89. The lowest BCUT2D eigenvalue weighted by Gasteiger charge is -2.12. The van der Waals surface area contributed by atoms with Crippen LogP contribution < -0.4 is 16.4 Å². The monoisotopic (exact) mass is 189 g/mol. The third-order valence-electron chi connectivity index (χ3n) is 1.15. The minimum Gasteiger partial charge on any atom is -0.330 e. The molecule has 0 aromatic carbocycles. The van der Waals surface area contributed by atoms with Gasteiger partial charge in [0.2, 0.25) is 0 Å². The molecular weight excluding hydrogens is 173 g/mol. The third-order valence-corrected chi connectivity index (χ3v) is 1.15. The molecule has 0 aliphatic heterocycles. The number of nitrogens with one attached hydrogen (secondary N) is 2. The SMILES string of the molecule is CNC(CCN)NC.Cl.Cl. The smallest absolute Gasteiger partial charge is 0.0578 e. The lowest BCUT2D eigenvalue weighted by molar-refractivity contribution is 0.468. The van der Waals surface area contributed by atoms with Gasteiger partial charge < -0.3 is 16.4 Å². The topological polar surface area (TPSA) is 50.1 Å². The molecule has 0 atom stereocenters. The van der Waals surface area contributed by atoms with Crippen LogP contribution in [0.3, 0.4) is 0 Å². The Balaban J connectivity index is -0.000000245. The quantitative estimate of drug-likeness (QED) is 0.544. The summed E-state index contributed by atoms with van der Waals surface area (Å²) in [6.45, 7) is 0.729. The van der Waals surface area contributed by atoms with Crippen molar-refractivity contribution in [3.05, 3.63) is 0 Å². The van der Waals surface area contributed by atoms with Crippen LogP contribution in [0.2, 0.25) is 0 Å². The van der Waals surface area contributed by atoms with Crippen molar-refractivity contribution in [2.75, 3.05) is 20.6 Å². The van der Waals surface area contributed by atoms with Crippen molar-refractivity contribution in [3.8, 4) is 0 Å². The van der Waals surface area contributed by atoms with Crippen LogP contribution in [0.1, 0.15) is 6.42 Å². The average Bonchev–Trinajstić information content (AvgIpc) is 1.83. The van der Waals surface area contributed by atoms with Crippen LogP contribution in [-0.4, -0.2) is 26.8 Å². The van der Waals surface area contributed by atoms with E-state index in [9.17, 15) is 0 Å². The van der Waals surface area contributed by atoms with Gasteiger partial charge in [0.05, 0.1) is 6.17 Å². The summed E-state index contributed by atoms with van der Waals surface area (Å²) < 4.78 is 0. The molecule has 0 aliphatic carbocycles. The van der Waals surface area contributed by atoms with Crippen LogP contribution in [0, 0.1) is 0 Å². The summed E-state index contributed by atoms with van der Waals surface area (Å²) >= 11 is 0. The first-order chi connectivity index (χ1) is 3.85. The van der Waals surface area contributed by atoms with E-state index < -0.39 is 0 Å². The largest absolute Gasteiger partial charge is 0.330 e. The van der Waals surface area contributed by atoms with Crippen LogP contribution >= 0.6 is 24.8 Å². The van der Waals surface area contributed by atoms with Gasteiger partial charge in [0.25, 0.3) is 0 Å². The van der Waals surface area contributed by atoms with Crippen molar-refractivity contribution < 1.29 is 0 Å². The lowest BCUT2D eigenvalue weighted by atomic mass is 10.3. The maximum Gasteiger partial charge on any atom is 0.0578 e. The molecule has 0 spiro atoms. The Morgan fingerprint density at radius 3 is 1.70 bits per heavy atom. The summed E-state index contributed by atoms with van der Waals surface area (Å²) in [5.41, 5.74) is 5.30. The van der Waals surface area contributed by atoms with Gasteiger partial charge >= 0.3 is 0 Å². The van der Waals surface area contributed by atoms with Crippen LogP contribution in [0.15, 0.2) is 0 Å². The Bertz CT molecular complexity index is 50.2. The average molecular weight is 190 g/mol. The van der Waals surface area contributed by atoms with Gasteiger partial charge in [-0.25, -0.2) is 0 Å².